The van der Waals surface area contributed by atoms with Gasteiger partial charge in [0.15, 0.2) is 0 Å². The standard InChI is InChI=1S/C11H9F3O2/c1-16-10(15)9-5-6-4-7(11(12,13)14)2-3-8(6)9/h2-4,9H,5H2,1H3. The molecule has 5 heteroatoms. The molecule has 1 atom stereocenters. The van der Waals surface area contributed by atoms with Crippen LogP contribution in [0, 0.1) is 0 Å². The zero-order valence-electron chi connectivity index (χ0n) is 8.47. The van der Waals surface area contributed by atoms with E-state index in [4.69, 9.17) is 0 Å². The van der Waals surface area contributed by atoms with Crippen LogP contribution in [0.3, 0.4) is 0 Å². The van der Waals surface area contributed by atoms with E-state index < -0.39 is 23.6 Å². The third-order valence-corrected chi connectivity index (χ3v) is 2.76. The van der Waals surface area contributed by atoms with E-state index in [1.807, 2.05) is 0 Å². The number of hydrogen-bond donors (Lipinski definition) is 0. The molecule has 0 spiro atoms. The Hall–Kier alpha value is -1.52. The van der Waals surface area contributed by atoms with E-state index in [2.05, 4.69) is 4.74 Å². The quantitative estimate of drug-likeness (QED) is 0.693. The van der Waals surface area contributed by atoms with E-state index in [0.29, 0.717) is 17.5 Å². The molecule has 0 radical (unpaired) electrons. The molecule has 0 heterocycles. The van der Waals surface area contributed by atoms with Crippen molar-refractivity contribution in [3.8, 4) is 0 Å². The third-order valence-electron chi connectivity index (χ3n) is 2.76. The molecule has 86 valence electrons. The summed E-state index contributed by atoms with van der Waals surface area (Å²) in [5, 5.41) is 0. The molecule has 0 fully saturated rings. The average molecular weight is 230 g/mol. The lowest BCUT2D eigenvalue weighted by molar-refractivity contribution is -0.143. The van der Waals surface area contributed by atoms with Gasteiger partial charge in [-0.2, -0.15) is 13.2 Å². The zero-order chi connectivity index (χ0) is 11.9. The molecule has 0 aromatic heterocycles. The number of esters is 1. The first-order valence-electron chi connectivity index (χ1n) is 4.71. The predicted molar refractivity (Wildman–Crippen MR) is 49.9 cm³/mol. The van der Waals surface area contributed by atoms with Crippen molar-refractivity contribution in [2.45, 2.75) is 18.5 Å². The van der Waals surface area contributed by atoms with Gasteiger partial charge in [-0.1, -0.05) is 6.07 Å². The van der Waals surface area contributed by atoms with Crippen molar-refractivity contribution in [2.24, 2.45) is 0 Å². The van der Waals surface area contributed by atoms with Crippen molar-refractivity contribution in [3.63, 3.8) is 0 Å². The van der Waals surface area contributed by atoms with Gasteiger partial charge in [-0.15, -0.1) is 0 Å². The van der Waals surface area contributed by atoms with Crippen LogP contribution >= 0.6 is 0 Å². The highest BCUT2D eigenvalue weighted by molar-refractivity contribution is 5.82. The number of carbonyl (C=O) groups is 1. The average Bonchev–Trinajstić information content (AvgIpc) is 2.17. The normalized spacial score (nSPS) is 18.6. The van der Waals surface area contributed by atoms with Gasteiger partial charge in [-0.25, -0.2) is 0 Å². The molecule has 2 rings (SSSR count). The monoisotopic (exact) mass is 230 g/mol. The lowest BCUT2D eigenvalue weighted by atomic mass is 9.77. The summed E-state index contributed by atoms with van der Waals surface area (Å²) in [5.41, 5.74) is 0.541. The molecule has 1 aromatic carbocycles. The van der Waals surface area contributed by atoms with Crippen LogP contribution in [-0.2, 0) is 22.1 Å². The fourth-order valence-corrected chi connectivity index (χ4v) is 1.85. The Balaban J connectivity index is 2.27. The summed E-state index contributed by atoms with van der Waals surface area (Å²) < 4.78 is 41.6. The fraction of sp³-hybridized carbons (Fsp3) is 0.364. The van der Waals surface area contributed by atoms with Crippen LogP contribution in [0.5, 0.6) is 0 Å². The molecule has 16 heavy (non-hydrogen) atoms. The number of halogens is 3. The van der Waals surface area contributed by atoms with E-state index in [9.17, 15) is 18.0 Å². The van der Waals surface area contributed by atoms with Crippen molar-refractivity contribution in [1.82, 2.24) is 0 Å². The summed E-state index contributed by atoms with van der Waals surface area (Å²) in [6.07, 6.45) is -4.00. The molecule has 1 aromatic rings. The van der Waals surface area contributed by atoms with Crippen molar-refractivity contribution >= 4 is 5.97 Å². The molecule has 0 amide bonds. The van der Waals surface area contributed by atoms with Crippen molar-refractivity contribution in [2.75, 3.05) is 7.11 Å². The molecule has 0 aliphatic heterocycles. The fourth-order valence-electron chi connectivity index (χ4n) is 1.85. The van der Waals surface area contributed by atoms with Crippen LogP contribution in [0.2, 0.25) is 0 Å². The third kappa shape index (κ3) is 1.66. The topological polar surface area (TPSA) is 26.3 Å². The van der Waals surface area contributed by atoms with Crippen molar-refractivity contribution < 1.29 is 22.7 Å². The second kappa shape index (κ2) is 3.50. The molecule has 0 saturated heterocycles. The summed E-state index contributed by atoms with van der Waals surface area (Å²) in [6, 6.07) is 3.44. The molecule has 2 nitrogen and oxygen atoms in total. The molecule has 1 unspecified atom stereocenters. The summed E-state index contributed by atoms with van der Waals surface area (Å²) in [4.78, 5) is 11.2. The maximum Gasteiger partial charge on any atom is 0.416 e. The number of ether oxygens (including phenoxy) is 1. The van der Waals surface area contributed by atoms with Crippen LogP contribution in [0.1, 0.15) is 22.6 Å². The van der Waals surface area contributed by atoms with E-state index in [1.165, 1.54) is 13.2 Å². The number of hydrogen-bond acceptors (Lipinski definition) is 2. The Kier molecular flexibility index (Phi) is 2.40. The second-order valence-electron chi connectivity index (χ2n) is 3.69. The minimum Gasteiger partial charge on any atom is -0.469 e. The molecule has 1 aliphatic carbocycles. The minimum atomic E-state index is -4.33. The summed E-state index contributed by atoms with van der Waals surface area (Å²) in [6.45, 7) is 0. The lowest BCUT2D eigenvalue weighted by Crippen LogP contribution is -2.26. The molecular formula is C11H9F3O2. The number of carbonyl (C=O) groups excluding carboxylic acids is 1. The van der Waals surface area contributed by atoms with E-state index >= 15 is 0 Å². The maximum atomic E-state index is 12.4. The zero-order valence-corrected chi connectivity index (χ0v) is 8.47. The number of rotatable bonds is 1. The Morgan fingerprint density at radius 1 is 1.44 bits per heavy atom. The lowest BCUT2D eigenvalue weighted by Gasteiger charge is -2.28. The van der Waals surface area contributed by atoms with Gasteiger partial charge < -0.3 is 4.74 Å². The van der Waals surface area contributed by atoms with Gasteiger partial charge in [0.1, 0.15) is 0 Å². The van der Waals surface area contributed by atoms with Gasteiger partial charge in [0, 0.05) is 0 Å². The van der Waals surface area contributed by atoms with Crippen LogP contribution in [0.4, 0.5) is 13.2 Å². The SMILES string of the molecule is COC(=O)C1Cc2cc(C(F)(F)F)ccc21. The predicted octanol–water partition coefficient (Wildman–Crippen LogP) is 2.52. The molecule has 0 saturated carbocycles. The maximum absolute atomic E-state index is 12.4. The largest absolute Gasteiger partial charge is 0.469 e. The number of fused-ring (bicyclic) bond motifs is 1. The summed E-state index contributed by atoms with van der Waals surface area (Å²) >= 11 is 0. The van der Waals surface area contributed by atoms with Crippen LogP contribution < -0.4 is 0 Å². The second-order valence-corrected chi connectivity index (χ2v) is 3.69. The van der Waals surface area contributed by atoms with Gasteiger partial charge in [0.05, 0.1) is 18.6 Å². The molecule has 0 bridgehead atoms. The first kappa shape index (κ1) is 11.0. The van der Waals surface area contributed by atoms with Gasteiger partial charge in [0.25, 0.3) is 0 Å². The van der Waals surface area contributed by atoms with Crippen molar-refractivity contribution in [1.29, 1.82) is 0 Å². The highest BCUT2D eigenvalue weighted by Gasteiger charge is 2.37. The van der Waals surface area contributed by atoms with Gasteiger partial charge in [-0.05, 0) is 29.7 Å². The van der Waals surface area contributed by atoms with Crippen LogP contribution in [0.25, 0.3) is 0 Å². The van der Waals surface area contributed by atoms with Crippen LogP contribution in [-0.4, -0.2) is 13.1 Å². The van der Waals surface area contributed by atoms with E-state index in [-0.39, 0.29) is 0 Å². The Morgan fingerprint density at radius 3 is 2.62 bits per heavy atom. The van der Waals surface area contributed by atoms with E-state index in [0.717, 1.165) is 12.1 Å². The molecule has 1 aliphatic rings. The van der Waals surface area contributed by atoms with Crippen LogP contribution in [0.15, 0.2) is 18.2 Å². The Bertz CT molecular complexity index is 437. The highest BCUT2D eigenvalue weighted by Crippen LogP contribution is 2.39. The molecular weight excluding hydrogens is 221 g/mol. The minimum absolute atomic E-state index is 0.325. The highest BCUT2D eigenvalue weighted by atomic mass is 19.4. The number of methoxy groups -OCH3 is 1. The van der Waals surface area contributed by atoms with Gasteiger partial charge in [-0.3, -0.25) is 4.79 Å². The van der Waals surface area contributed by atoms with Gasteiger partial charge in [0.2, 0.25) is 0 Å². The molecule has 0 N–H and O–H groups in total. The first-order chi connectivity index (χ1) is 7.43. The smallest absolute Gasteiger partial charge is 0.416 e. The van der Waals surface area contributed by atoms with Crippen molar-refractivity contribution in [3.05, 3.63) is 34.9 Å². The summed E-state index contributed by atoms with van der Waals surface area (Å²) in [5.74, 6) is -0.797. The Morgan fingerprint density at radius 2 is 2.12 bits per heavy atom. The number of benzene rings is 1. The summed E-state index contributed by atoms with van der Waals surface area (Å²) in [7, 11) is 1.27. The van der Waals surface area contributed by atoms with Gasteiger partial charge >= 0.3 is 12.1 Å². The first-order valence-corrected chi connectivity index (χ1v) is 4.71. The Labute approximate surface area is 90.0 Å². The van der Waals surface area contributed by atoms with E-state index in [1.54, 1.807) is 0 Å². The number of alkyl halides is 3.